The number of carbonyl (C=O) groups is 1. The van der Waals surface area contributed by atoms with Crippen LogP contribution in [0.5, 0.6) is 0 Å². The van der Waals surface area contributed by atoms with Crippen molar-refractivity contribution in [3.05, 3.63) is 35.4 Å². The second-order valence-corrected chi connectivity index (χ2v) is 6.50. The quantitative estimate of drug-likeness (QED) is 0.884. The topological polar surface area (TPSA) is 40.5 Å². The van der Waals surface area contributed by atoms with Crippen LogP contribution in [0, 0.1) is 6.92 Å². The van der Waals surface area contributed by atoms with E-state index in [1.54, 1.807) is 0 Å². The zero-order chi connectivity index (χ0) is 15.5. The van der Waals surface area contributed by atoms with Crippen LogP contribution >= 0.6 is 0 Å². The molecule has 1 aromatic carbocycles. The molecule has 0 spiro atoms. The van der Waals surface area contributed by atoms with Crippen molar-refractivity contribution in [2.24, 2.45) is 0 Å². The number of benzene rings is 1. The molecular formula is C18H27NO2. The number of aliphatic carboxylic acids is 1. The minimum absolute atomic E-state index is 0.189. The summed E-state index contributed by atoms with van der Waals surface area (Å²) in [5, 5.41) is 9.36. The highest BCUT2D eigenvalue weighted by molar-refractivity contribution is 5.68. The Hall–Kier alpha value is -1.35. The number of nitrogens with zero attached hydrogens (tertiary/aromatic N) is 1. The molecule has 1 unspecified atom stereocenters. The molecule has 0 heterocycles. The molecule has 1 N–H and O–H groups in total. The highest BCUT2D eigenvalue weighted by Gasteiger charge is 2.40. The van der Waals surface area contributed by atoms with Crippen LogP contribution in [0.1, 0.15) is 62.6 Å². The van der Waals surface area contributed by atoms with Crippen LogP contribution in [-0.4, -0.2) is 28.6 Å². The van der Waals surface area contributed by atoms with Gasteiger partial charge in [0.2, 0.25) is 0 Å². The van der Waals surface area contributed by atoms with Gasteiger partial charge in [-0.2, -0.15) is 0 Å². The van der Waals surface area contributed by atoms with E-state index >= 15 is 0 Å². The number of rotatable bonds is 5. The van der Waals surface area contributed by atoms with E-state index in [1.165, 1.54) is 17.5 Å². The Morgan fingerprint density at radius 3 is 2.48 bits per heavy atom. The molecule has 1 atom stereocenters. The summed E-state index contributed by atoms with van der Waals surface area (Å²) >= 11 is 0. The zero-order valence-corrected chi connectivity index (χ0v) is 13.4. The molecule has 0 radical (unpaired) electrons. The minimum Gasteiger partial charge on any atom is -0.481 e. The smallest absolute Gasteiger partial charge is 0.305 e. The summed E-state index contributed by atoms with van der Waals surface area (Å²) in [5.74, 6) is -0.680. The lowest BCUT2D eigenvalue weighted by atomic mass is 9.77. The highest BCUT2D eigenvalue weighted by Crippen LogP contribution is 2.40. The van der Waals surface area contributed by atoms with E-state index in [9.17, 15) is 9.90 Å². The molecule has 1 aromatic rings. The van der Waals surface area contributed by atoms with Crippen molar-refractivity contribution in [2.75, 3.05) is 7.05 Å². The Morgan fingerprint density at radius 2 is 1.90 bits per heavy atom. The molecule has 0 aliphatic heterocycles. The van der Waals surface area contributed by atoms with Crippen molar-refractivity contribution in [1.29, 1.82) is 0 Å². The SMILES string of the molecule is Cc1ccccc1C(C)N(C)C1(CC(=O)O)CCCCC1. The monoisotopic (exact) mass is 289 g/mol. The summed E-state index contributed by atoms with van der Waals surface area (Å²) in [6.45, 7) is 4.32. The van der Waals surface area contributed by atoms with Crippen molar-refractivity contribution in [3.8, 4) is 0 Å². The van der Waals surface area contributed by atoms with E-state index in [-0.39, 0.29) is 18.0 Å². The number of carboxylic acids is 1. The van der Waals surface area contributed by atoms with Crippen molar-refractivity contribution < 1.29 is 9.90 Å². The summed E-state index contributed by atoms with van der Waals surface area (Å²) in [7, 11) is 2.10. The average Bonchev–Trinajstić information content (AvgIpc) is 2.46. The predicted molar refractivity (Wildman–Crippen MR) is 85.4 cm³/mol. The van der Waals surface area contributed by atoms with Crippen LogP contribution in [0.4, 0.5) is 0 Å². The van der Waals surface area contributed by atoms with Gasteiger partial charge in [-0.15, -0.1) is 0 Å². The summed E-state index contributed by atoms with van der Waals surface area (Å²) < 4.78 is 0. The van der Waals surface area contributed by atoms with E-state index in [1.807, 2.05) is 0 Å². The summed E-state index contributed by atoms with van der Waals surface area (Å²) in [4.78, 5) is 13.7. The van der Waals surface area contributed by atoms with E-state index in [0.29, 0.717) is 0 Å². The number of carboxylic acid groups (broad SMARTS) is 1. The molecule has 1 aliphatic rings. The van der Waals surface area contributed by atoms with Crippen molar-refractivity contribution in [2.45, 2.75) is 64.0 Å². The lowest BCUT2D eigenvalue weighted by molar-refractivity contribution is -0.141. The predicted octanol–water partition coefficient (Wildman–Crippen LogP) is 4.17. The van der Waals surface area contributed by atoms with Gasteiger partial charge in [0.05, 0.1) is 6.42 Å². The molecule has 1 saturated carbocycles. The number of hydrogen-bond donors (Lipinski definition) is 1. The zero-order valence-electron chi connectivity index (χ0n) is 13.4. The van der Waals surface area contributed by atoms with Crippen LogP contribution in [0.25, 0.3) is 0 Å². The molecule has 0 aromatic heterocycles. The molecule has 0 bridgehead atoms. The fourth-order valence-corrected chi connectivity index (χ4v) is 3.82. The largest absolute Gasteiger partial charge is 0.481 e. The van der Waals surface area contributed by atoms with E-state index < -0.39 is 5.97 Å². The molecule has 3 heteroatoms. The average molecular weight is 289 g/mol. The Bertz CT molecular complexity index is 492. The third-order valence-corrected chi connectivity index (χ3v) is 5.23. The van der Waals surface area contributed by atoms with E-state index in [0.717, 1.165) is 25.7 Å². The van der Waals surface area contributed by atoms with Gasteiger partial charge in [0.15, 0.2) is 0 Å². The lowest BCUT2D eigenvalue weighted by Crippen LogP contribution is -2.50. The minimum atomic E-state index is -0.680. The lowest BCUT2D eigenvalue weighted by Gasteiger charge is -2.47. The first-order valence-electron chi connectivity index (χ1n) is 7.96. The third kappa shape index (κ3) is 3.46. The van der Waals surface area contributed by atoms with Crippen molar-refractivity contribution in [1.82, 2.24) is 4.90 Å². The molecule has 3 nitrogen and oxygen atoms in total. The fourth-order valence-electron chi connectivity index (χ4n) is 3.82. The van der Waals surface area contributed by atoms with Crippen LogP contribution in [0.2, 0.25) is 0 Å². The van der Waals surface area contributed by atoms with Gasteiger partial charge in [-0.3, -0.25) is 9.69 Å². The Morgan fingerprint density at radius 1 is 1.29 bits per heavy atom. The van der Waals surface area contributed by atoms with Gasteiger partial charge in [0.1, 0.15) is 0 Å². The van der Waals surface area contributed by atoms with Crippen LogP contribution in [0.15, 0.2) is 24.3 Å². The Balaban J connectivity index is 2.27. The normalized spacial score (nSPS) is 19.4. The first kappa shape index (κ1) is 16.0. The molecular weight excluding hydrogens is 262 g/mol. The van der Waals surface area contributed by atoms with Gasteiger partial charge in [-0.25, -0.2) is 0 Å². The van der Waals surface area contributed by atoms with Crippen LogP contribution in [0.3, 0.4) is 0 Å². The Kier molecular flexibility index (Phi) is 5.04. The summed E-state index contributed by atoms with van der Waals surface area (Å²) in [6, 6.07) is 8.65. The first-order valence-corrected chi connectivity index (χ1v) is 7.96. The fraction of sp³-hybridized carbons (Fsp3) is 0.611. The second-order valence-electron chi connectivity index (χ2n) is 6.50. The van der Waals surface area contributed by atoms with Gasteiger partial charge >= 0.3 is 5.97 Å². The first-order chi connectivity index (χ1) is 9.96. The molecule has 1 aliphatic carbocycles. The van der Waals surface area contributed by atoms with Gasteiger partial charge in [-0.05, 0) is 44.9 Å². The molecule has 116 valence electrons. The van der Waals surface area contributed by atoms with Crippen molar-refractivity contribution >= 4 is 5.97 Å². The summed E-state index contributed by atoms with van der Waals surface area (Å²) in [5.41, 5.74) is 2.39. The molecule has 0 amide bonds. The van der Waals surface area contributed by atoms with Crippen LogP contribution < -0.4 is 0 Å². The third-order valence-electron chi connectivity index (χ3n) is 5.23. The van der Waals surface area contributed by atoms with E-state index in [4.69, 9.17) is 0 Å². The standard InChI is InChI=1S/C18H27NO2/c1-14-9-5-6-10-16(14)15(2)19(3)18(13-17(20)21)11-7-4-8-12-18/h5-6,9-10,15H,4,7-8,11-13H2,1-3H3,(H,20,21). The number of aryl methyl sites for hydroxylation is 1. The number of hydrogen-bond acceptors (Lipinski definition) is 2. The van der Waals surface area contributed by atoms with Gasteiger partial charge in [-0.1, -0.05) is 43.5 Å². The summed E-state index contributed by atoms with van der Waals surface area (Å²) in [6.07, 6.45) is 5.74. The maximum atomic E-state index is 11.4. The Labute approximate surface area is 128 Å². The van der Waals surface area contributed by atoms with Gasteiger partial charge in [0, 0.05) is 11.6 Å². The molecule has 2 rings (SSSR count). The highest BCUT2D eigenvalue weighted by atomic mass is 16.4. The van der Waals surface area contributed by atoms with E-state index in [2.05, 4.69) is 50.1 Å². The molecule has 21 heavy (non-hydrogen) atoms. The maximum absolute atomic E-state index is 11.4. The van der Waals surface area contributed by atoms with Gasteiger partial charge in [0.25, 0.3) is 0 Å². The molecule has 0 saturated heterocycles. The van der Waals surface area contributed by atoms with Crippen molar-refractivity contribution in [3.63, 3.8) is 0 Å². The van der Waals surface area contributed by atoms with Crippen LogP contribution in [-0.2, 0) is 4.79 Å². The molecule has 1 fully saturated rings. The second kappa shape index (κ2) is 6.61. The maximum Gasteiger partial charge on any atom is 0.305 e. The van der Waals surface area contributed by atoms with Gasteiger partial charge < -0.3 is 5.11 Å².